The molecule has 0 aliphatic rings. The molecule has 0 aliphatic heterocycles. The quantitative estimate of drug-likeness (QED) is 0.789. The number of nitrogens with one attached hydrogen (secondary N) is 1. The van der Waals surface area contributed by atoms with E-state index >= 15 is 0 Å². The second-order valence-corrected chi connectivity index (χ2v) is 9.00. The molecule has 146 valence electrons. The van der Waals surface area contributed by atoms with Crippen LogP contribution in [0.5, 0.6) is 5.75 Å². The van der Waals surface area contributed by atoms with Crippen molar-refractivity contribution >= 4 is 33.2 Å². The van der Waals surface area contributed by atoms with Crippen molar-refractivity contribution in [1.82, 2.24) is 4.31 Å². The summed E-state index contributed by atoms with van der Waals surface area (Å²) < 4.78 is 31.6. The van der Waals surface area contributed by atoms with Crippen molar-refractivity contribution in [2.75, 3.05) is 19.4 Å². The third kappa shape index (κ3) is 5.00. The molecule has 0 heterocycles. The van der Waals surface area contributed by atoms with Gasteiger partial charge >= 0.3 is 0 Å². The Labute approximate surface area is 165 Å². The number of sulfonamides is 1. The number of anilines is 1. The number of halogens is 1. The fourth-order valence-electron chi connectivity index (χ4n) is 2.35. The van der Waals surface area contributed by atoms with E-state index in [0.717, 1.165) is 15.4 Å². The summed E-state index contributed by atoms with van der Waals surface area (Å²) in [5, 5.41) is 3.26. The highest BCUT2D eigenvalue weighted by Gasteiger charge is 2.22. The molecule has 8 heteroatoms. The normalized spacial score (nSPS) is 12.7. The zero-order valence-electron chi connectivity index (χ0n) is 15.9. The largest absolute Gasteiger partial charge is 0.481 e. The first kappa shape index (κ1) is 21.2. The van der Waals surface area contributed by atoms with Gasteiger partial charge in [-0.05, 0) is 62.2 Å². The van der Waals surface area contributed by atoms with Gasteiger partial charge in [0.05, 0.1) is 4.90 Å². The van der Waals surface area contributed by atoms with E-state index in [0.29, 0.717) is 16.5 Å². The first-order chi connectivity index (χ1) is 12.5. The van der Waals surface area contributed by atoms with Gasteiger partial charge in [-0.2, -0.15) is 0 Å². The Balaban J connectivity index is 2.25. The van der Waals surface area contributed by atoms with E-state index in [1.165, 1.54) is 20.2 Å². The molecule has 2 aromatic carbocycles. The van der Waals surface area contributed by atoms with Crippen molar-refractivity contribution < 1.29 is 17.9 Å². The average Bonchev–Trinajstić information content (AvgIpc) is 2.58. The smallest absolute Gasteiger partial charge is 0.265 e. The third-order valence-corrected chi connectivity index (χ3v) is 6.18. The molecule has 0 saturated carbocycles. The van der Waals surface area contributed by atoms with Crippen LogP contribution in [0.4, 0.5) is 5.69 Å². The highest BCUT2D eigenvalue weighted by molar-refractivity contribution is 7.89. The van der Waals surface area contributed by atoms with Crippen molar-refractivity contribution in [3.63, 3.8) is 0 Å². The van der Waals surface area contributed by atoms with Crippen LogP contribution in [-0.2, 0) is 14.8 Å². The zero-order valence-corrected chi connectivity index (χ0v) is 17.5. The van der Waals surface area contributed by atoms with Crippen molar-refractivity contribution in [2.45, 2.75) is 31.8 Å². The lowest BCUT2D eigenvalue weighted by Gasteiger charge is -2.18. The fraction of sp³-hybridized carbons (Fsp3) is 0.316. The molecule has 0 aliphatic carbocycles. The van der Waals surface area contributed by atoms with Crippen LogP contribution >= 0.6 is 11.6 Å². The van der Waals surface area contributed by atoms with Gasteiger partial charge in [-0.3, -0.25) is 4.79 Å². The molecule has 1 amide bonds. The summed E-state index contributed by atoms with van der Waals surface area (Å²) in [4.78, 5) is 12.7. The van der Waals surface area contributed by atoms with Crippen molar-refractivity contribution in [2.24, 2.45) is 0 Å². The van der Waals surface area contributed by atoms with E-state index in [-0.39, 0.29) is 4.90 Å². The van der Waals surface area contributed by atoms with E-state index in [1.54, 1.807) is 44.2 Å². The lowest BCUT2D eigenvalue weighted by Crippen LogP contribution is -2.30. The topological polar surface area (TPSA) is 75.7 Å². The van der Waals surface area contributed by atoms with Crippen LogP contribution in [0.1, 0.15) is 18.1 Å². The lowest BCUT2D eigenvalue weighted by atomic mass is 10.1. The minimum atomic E-state index is -3.61. The SMILES string of the molecule is Cc1cc(S(=O)(=O)N(C)C)cc(NC(=O)C(C)Oc2cccc(Cl)c2)c1C. The summed E-state index contributed by atoms with van der Waals surface area (Å²) in [6.45, 7) is 5.23. The Kier molecular flexibility index (Phi) is 6.51. The summed E-state index contributed by atoms with van der Waals surface area (Å²) >= 11 is 5.92. The lowest BCUT2D eigenvalue weighted by molar-refractivity contribution is -0.122. The predicted molar refractivity (Wildman–Crippen MR) is 107 cm³/mol. The number of rotatable bonds is 6. The molecule has 1 unspecified atom stereocenters. The highest BCUT2D eigenvalue weighted by Crippen LogP contribution is 2.26. The number of carbonyl (C=O) groups is 1. The van der Waals surface area contributed by atoms with Crippen LogP contribution in [0.15, 0.2) is 41.3 Å². The van der Waals surface area contributed by atoms with Gasteiger partial charge in [-0.1, -0.05) is 17.7 Å². The zero-order chi connectivity index (χ0) is 20.4. The Morgan fingerprint density at radius 3 is 2.44 bits per heavy atom. The molecule has 2 aromatic rings. The standard InChI is InChI=1S/C19H23ClN2O4S/c1-12-9-17(27(24,25)22(4)5)11-18(13(12)2)21-19(23)14(3)26-16-8-6-7-15(20)10-16/h6-11,14H,1-5H3,(H,21,23). The summed E-state index contributed by atoms with van der Waals surface area (Å²) in [5.74, 6) is 0.0823. The summed E-state index contributed by atoms with van der Waals surface area (Å²) in [5.41, 5.74) is 1.98. The van der Waals surface area contributed by atoms with Gasteiger partial charge in [-0.15, -0.1) is 0 Å². The number of aryl methyl sites for hydroxylation is 1. The maximum atomic E-state index is 12.5. The van der Waals surface area contributed by atoms with Crippen molar-refractivity contribution in [3.05, 3.63) is 52.5 Å². The molecule has 27 heavy (non-hydrogen) atoms. The molecule has 1 N–H and O–H groups in total. The minimum Gasteiger partial charge on any atom is -0.481 e. The van der Waals surface area contributed by atoms with Gasteiger partial charge in [0.25, 0.3) is 5.91 Å². The molecule has 0 spiro atoms. The molecule has 0 radical (unpaired) electrons. The molecular formula is C19H23ClN2O4S. The molecular weight excluding hydrogens is 388 g/mol. The van der Waals surface area contributed by atoms with E-state index in [9.17, 15) is 13.2 Å². The fourth-order valence-corrected chi connectivity index (χ4v) is 3.54. The summed E-state index contributed by atoms with van der Waals surface area (Å²) in [6, 6.07) is 9.81. The van der Waals surface area contributed by atoms with Crippen LogP contribution in [0.3, 0.4) is 0 Å². The maximum Gasteiger partial charge on any atom is 0.265 e. The molecule has 1 atom stereocenters. The Morgan fingerprint density at radius 2 is 1.85 bits per heavy atom. The molecule has 2 rings (SSSR count). The second-order valence-electron chi connectivity index (χ2n) is 6.41. The van der Waals surface area contributed by atoms with Crippen LogP contribution in [0.2, 0.25) is 5.02 Å². The first-order valence-electron chi connectivity index (χ1n) is 8.29. The molecule has 0 fully saturated rings. The number of benzene rings is 2. The monoisotopic (exact) mass is 410 g/mol. The molecule has 0 bridgehead atoms. The van der Waals surface area contributed by atoms with Gasteiger partial charge < -0.3 is 10.1 Å². The number of ether oxygens (including phenoxy) is 1. The van der Waals surface area contributed by atoms with Crippen LogP contribution < -0.4 is 10.1 Å². The van der Waals surface area contributed by atoms with Gasteiger partial charge in [0.2, 0.25) is 10.0 Å². The van der Waals surface area contributed by atoms with Gasteiger partial charge in [0.1, 0.15) is 5.75 Å². The summed E-state index contributed by atoms with van der Waals surface area (Å²) in [6.07, 6.45) is -0.794. The van der Waals surface area contributed by atoms with Gasteiger partial charge in [0.15, 0.2) is 6.10 Å². The molecule has 0 saturated heterocycles. The van der Waals surface area contributed by atoms with Crippen LogP contribution in [0, 0.1) is 13.8 Å². The minimum absolute atomic E-state index is 0.120. The number of nitrogens with zero attached hydrogens (tertiary/aromatic N) is 1. The highest BCUT2D eigenvalue weighted by atomic mass is 35.5. The van der Waals surface area contributed by atoms with E-state index < -0.39 is 22.0 Å². The maximum absolute atomic E-state index is 12.5. The van der Waals surface area contributed by atoms with E-state index in [4.69, 9.17) is 16.3 Å². The summed E-state index contributed by atoms with van der Waals surface area (Å²) in [7, 11) is -0.688. The Bertz CT molecular complexity index is 958. The molecule has 0 aromatic heterocycles. The number of carbonyl (C=O) groups excluding carboxylic acids is 1. The van der Waals surface area contributed by atoms with E-state index in [1.807, 2.05) is 6.92 Å². The molecule has 6 nitrogen and oxygen atoms in total. The van der Waals surface area contributed by atoms with Crippen molar-refractivity contribution in [1.29, 1.82) is 0 Å². The third-order valence-electron chi connectivity index (χ3n) is 4.16. The van der Waals surface area contributed by atoms with Crippen molar-refractivity contribution in [3.8, 4) is 5.75 Å². The Hall–Kier alpha value is -2.09. The first-order valence-corrected chi connectivity index (χ1v) is 10.1. The van der Waals surface area contributed by atoms with Gasteiger partial charge in [0, 0.05) is 24.8 Å². The number of hydrogen-bond acceptors (Lipinski definition) is 4. The Morgan fingerprint density at radius 1 is 1.19 bits per heavy atom. The van der Waals surface area contributed by atoms with Crippen LogP contribution in [0.25, 0.3) is 0 Å². The predicted octanol–water partition coefficient (Wildman–Crippen LogP) is 3.61. The second kappa shape index (κ2) is 8.29. The van der Waals surface area contributed by atoms with E-state index in [2.05, 4.69) is 5.32 Å². The number of hydrogen-bond donors (Lipinski definition) is 1. The number of amides is 1. The average molecular weight is 411 g/mol. The van der Waals surface area contributed by atoms with Crippen LogP contribution in [-0.4, -0.2) is 38.8 Å². The van der Waals surface area contributed by atoms with Gasteiger partial charge in [-0.25, -0.2) is 12.7 Å².